The average molecular weight is 421 g/mol. The Hall–Kier alpha value is -2.93. The van der Waals surface area contributed by atoms with Crippen LogP contribution in [0.2, 0.25) is 5.02 Å². The van der Waals surface area contributed by atoms with Gasteiger partial charge in [-0.05, 0) is 56.2 Å². The van der Waals surface area contributed by atoms with Gasteiger partial charge in [-0.2, -0.15) is 5.10 Å². The monoisotopic (exact) mass is 420 g/mol. The van der Waals surface area contributed by atoms with E-state index in [1.165, 1.54) is 27.5 Å². The van der Waals surface area contributed by atoms with E-state index in [2.05, 4.69) is 10.5 Å². The molecule has 1 N–H and O–H groups in total. The molecule has 0 radical (unpaired) electrons. The highest BCUT2D eigenvalue weighted by molar-refractivity contribution is 6.32. The molecule has 0 aliphatic carbocycles. The Morgan fingerprint density at radius 2 is 1.59 bits per heavy atom. The number of benzene rings is 2. The summed E-state index contributed by atoms with van der Waals surface area (Å²) in [5, 5.41) is 4.67. The summed E-state index contributed by atoms with van der Waals surface area (Å²) >= 11 is 6.16. The van der Waals surface area contributed by atoms with Crippen LogP contribution in [-0.4, -0.2) is 39.6 Å². The van der Waals surface area contributed by atoms with Gasteiger partial charge in [-0.1, -0.05) is 11.6 Å². The summed E-state index contributed by atoms with van der Waals surface area (Å²) in [5.74, 6) is 1.64. The number of carbonyl (C=O) groups excluding carboxylic acids is 1. The van der Waals surface area contributed by atoms with Crippen LogP contribution in [0, 0.1) is 13.8 Å². The average Bonchev–Trinajstić information content (AvgIpc) is 2.70. The largest absolute Gasteiger partial charge is 0.493 e. The van der Waals surface area contributed by atoms with E-state index in [-0.39, 0.29) is 5.91 Å². The van der Waals surface area contributed by atoms with Crippen molar-refractivity contribution < 1.29 is 23.7 Å². The lowest BCUT2D eigenvalue weighted by Gasteiger charge is -2.15. The molecular formula is C21H25ClN2O5. The Morgan fingerprint density at radius 1 is 1.03 bits per heavy atom. The molecule has 7 nitrogen and oxygen atoms in total. The van der Waals surface area contributed by atoms with Crippen molar-refractivity contribution in [1.82, 2.24) is 5.43 Å². The van der Waals surface area contributed by atoms with Gasteiger partial charge in [0.1, 0.15) is 5.75 Å². The fraction of sp³-hybridized carbons (Fsp3) is 0.333. The van der Waals surface area contributed by atoms with E-state index >= 15 is 0 Å². The molecule has 2 aromatic carbocycles. The van der Waals surface area contributed by atoms with Crippen LogP contribution in [0.25, 0.3) is 0 Å². The van der Waals surface area contributed by atoms with E-state index in [9.17, 15) is 4.79 Å². The summed E-state index contributed by atoms with van der Waals surface area (Å²) in [4.78, 5) is 12.3. The van der Waals surface area contributed by atoms with E-state index in [1.54, 1.807) is 31.2 Å². The van der Waals surface area contributed by atoms with Crippen LogP contribution in [0.1, 0.15) is 23.6 Å². The highest BCUT2D eigenvalue weighted by Crippen LogP contribution is 2.37. The van der Waals surface area contributed by atoms with E-state index < -0.39 is 6.10 Å². The molecule has 2 aromatic rings. The van der Waals surface area contributed by atoms with Crippen molar-refractivity contribution in [2.24, 2.45) is 5.10 Å². The van der Waals surface area contributed by atoms with Gasteiger partial charge in [-0.15, -0.1) is 0 Å². The lowest BCUT2D eigenvalue weighted by molar-refractivity contribution is -0.127. The molecule has 29 heavy (non-hydrogen) atoms. The minimum Gasteiger partial charge on any atom is -0.493 e. The SMILES string of the molecule is COc1cc(/C=N/NC(=O)C(C)Oc2cc(C)c(Cl)c(C)c2)cc(OC)c1OC. The normalized spacial score (nSPS) is 11.8. The second-order valence-electron chi connectivity index (χ2n) is 6.32. The number of halogens is 1. The number of nitrogens with zero attached hydrogens (tertiary/aromatic N) is 1. The Morgan fingerprint density at radius 3 is 2.07 bits per heavy atom. The topological polar surface area (TPSA) is 78.4 Å². The highest BCUT2D eigenvalue weighted by atomic mass is 35.5. The molecule has 0 saturated heterocycles. The molecule has 0 spiro atoms. The van der Waals surface area contributed by atoms with Crippen molar-refractivity contribution in [3.63, 3.8) is 0 Å². The van der Waals surface area contributed by atoms with E-state index in [0.29, 0.717) is 33.6 Å². The zero-order valence-corrected chi connectivity index (χ0v) is 18.1. The first-order valence-corrected chi connectivity index (χ1v) is 9.24. The predicted octanol–water partition coefficient (Wildman–Crippen LogP) is 3.90. The molecule has 1 amide bonds. The lowest BCUT2D eigenvalue weighted by Crippen LogP contribution is -2.33. The van der Waals surface area contributed by atoms with E-state index in [0.717, 1.165) is 11.1 Å². The van der Waals surface area contributed by atoms with Gasteiger partial charge in [0.2, 0.25) is 5.75 Å². The smallest absolute Gasteiger partial charge is 0.280 e. The third-order valence-electron chi connectivity index (χ3n) is 4.17. The minimum atomic E-state index is -0.743. The van der Waals surface area contributed by atoms with Crippen molar-refractivity contribution >= 4 is 23.7 Å². The van der Waals surface area contributed by atoms with Crippen molar-refractivity contribution in [2.45, 2.75) is 26.9 Å². The summed E-state index contributed by atoms with van der Waals surface area (Å²) < 4.78 is 21.6. The molecule has 1 unspecified atom stereocenters. The van der Waals surface area contributed by atoms with Gasteiger partial charge >= 0.3 is 0 Å². The molecule has 8 heteroatoms. The fourth-order valence-electron chi connectivity index (χ4n) is 2.67. The molecule has 0 saturated carbocycles. The van der Waals surface area contributed by atoms with Crippen LogP contribution in [-0.2, 0) is 4.79 Å². The van der Waals surface area contributed by atoms with Gasteiger partial charge < -0.3 is 18.9 Å². The Bertz CT molecular complexity index is 866. The van der Waals surface area contributed by atoms with Crippen LogP contribution in [0.5, 0.6) is 23.0 Å². The zero-order chi connectivity index (χ0) is 21.6. The number of nitrogens with one attached hydrogen (secondary N) is 1. The first-order chi connectivity index (χ1) is 13.8. The molecule has 0 heterocycles. The minimum absolute atomic E-state index is 0.390. The van der Waals surface area contributed by atoms with Crippen molar-refractivity contribution in [1.29, 1.82) is 0 Å². The summed E-state index contributed by atoms with van der Waals surface area (Å²) in [6.07, 6.45) is 0.734. The first-order valence-electron chi connectivity index (χ1n) is 8.87. The van der Waals surface area contributed by atoms with Crippen LogP contribution in [0.15, 0.2) is 29.4 Å². The highest BCUT2D eigenvalue weighted by Gasteiger charge is 2.16. The lowest BCUT2D eigenvalue weighted by atomic mass is 10.1. The molecule has 156 valence electrons. The maximum Gasteiger partial charge on any atom is 0.280 e. The predicted molar refractivity (Wildman–Crippen MR) is 113 cm³/mol. The molecule has 2 rings (SSSR count). The van der Waals surface area contributed by atoms with Crippen LogP contribution in [0.3, 0.4) is 0 Å². The maximum atomic E-state index is 12.3. The van der Waals surface area contributed by atoms with E-state index in [1.807, 2.05) is 13.8 Å². The van der Waals surface area contributed by atoms with Crippen LogP contribution >= 0.6 is 11.6 Å². The third kappa shape index (κ3) is 5.54. The quantitative estimate of drug-likeness (QED) is 0.517. The van der Waals surface area contributed by atoms with Crippen molar-refractivity contribution in [3.8, 4) is 23.0 Å². The third-order valence-corrected chi connectivity index (χ3v) is 4.76. The standard InChI is InChI=1S/C21H25ClN2O5/c1-12-7-16(8-13(2)19(12)22)29-14(3)21(25)24-23-11-15-9-17(26-4)20(28-6)18(10-15)27-5/h7-11,14H,1-6H3,(H,24,25)/b23-11+. The molecular weight excluding hydrogens is 396 g/mol. The Balaban J connectivity index is 2.05. The number of carbonyl (C=O) groups is 1. The van der Waals surface area contributed by atoms with Gasteiger partial charge in [0, 0.05) is 10.6 Å². The summed E-state index contributed by atoms with van der Waals surface area (Å²) in [5.41, 5.74) is 4.89. The van der Waals surface area contributed by atoms with Crippen molar-refractivity contribution in [2.75, 3.05) is 21.3 Å². The number of ether oxygens (including phenoxy) is 4. The van der Waals surface area contributed by atoms with Gasteiger partial charge in [0.05, 0.1) is 27.5 Å². The number of hydrogen-bond donors (Lipinski definition) is 1. The molecule has 0 fully saturated rings. The van der Waals surface area contributed by atoms with Crippen LogP contribution < -0.4 is 24.4 Å². The second kappa shape index (κ2) is 10.0. The Kier molecular flexibility index (Phi) is 7.73. The van der Waals surface area contributed by atoms with Gasteiger partial charge in [-0.25, -0.2) is 5.43 Å². The number of hydrogen-bond acceptors (Lipinski definition) is 6. The van der Waals surface area contributed by atoms with E-state index in [4.69, 9.17) is 30.5 Å². The molecule has 1 atom stereocenters. The number of hydrazone groups is 1. The second-order valence-corrected chi connectivity index (χ2v) is 6.70. The fourth-order valence-corrected chi connectivity index (χ4v) is 2.78. The zero-order valence-electron chi connectivity index (χ0n) is 17.3. The molecule has 0 aromatic heterocycles. The first kappa shape index (κ1) is 22.4. The maximum absolute atomic E-state index is 12.3. The summed E-state index contributed by atoms with van der Waals surface area (Å²) in [7, 11) is 4.58. The van der Waals surface area contributed by atoms with Gasteiger partial charge in [0.15, 0.2) is 17.6 Å². The van der Waals surface area contributed by atoms with Crippen molar-refractivity contribution in [3.05, 3.63) is 46.0 Å². The molecule has 0 aliphatic heterocycles. The Labute approximate surface area is 175 Å². The number of aryl methyl sites for hydroxylation is 2. The number of rotatable bonds is 8. The number of methoxy groups -OCH3 is 3. The van der Waals surface area contributed by atoms with Gasteiger partial charge in [-0.3, -0.25) is 4.79 Å². The van der Waals surface area contributed by atoms with Crippen LogP contribution in [0.4, 0.5) is 0 Å². The number of amides is 1. The summed E-state index contributed by atoms with van der Waals surface area (Å²) in [6, 6.07) is 7.02. The van der Waals surface area contributed by atoms with Gasteiger partial charge in [0.25, 0.3) is 5.91 Å². The molecule has 0 bridgehead atoms. The molecule has 0 aliphatic rings. The summed E-state index contributed by atoms with van der Waals surface area (Å²) in [6.45, 7) is 5.41.